The highest BCUT2D eigenvalue weighted by molar-refractivity contribution is 7.88. The van der Waals surface area contributed by atoms with Crippen molar-refractivity contribution in [1.82, 2.24) is 4.72 Å². The maximum absolute atomic E-state index is 13.1. The highest BCUT2D eigenvalue weighted by Crippen LogP contribution is 2.25. The van der Waals surface area contributed by atoms with Crippen LogP contribution in [0.25, 0.3) is 0 Å². The van der Waals surface area contributed by atoms with Gasteiger partial charge in [-0.05, 0) is 43.0 Å². The van der Waals surface area contributed by atoms with E-state index >= 15 is 0 Å². The van der Waals surface area contributed by atoms with Crippen LogP contribution in [0.5, 0.6) is 0 Å². The van der Waals surface area contributed by atoms with Crippen molar-refractivity contribution in [3.63, 3.8) is 0 Å². The van der Waals surface area contributed by atoms with E-state index < -0.39 is 15.8 Å². The maximum Gasteiger partial charge on any atom is 0.216 e. The molecule has 0 saturated heterocycles. The Morgan fingerprint density at radius 2 is 2.00 bits per heavy atom. The zero-order valence-electron chi connectivity index (χ0n) is 12.1. The number of halogens is 3. The van der Waals surface area contributed by atoms with E-state index in [1.807, 2.05) is 0 Å². The summed E-state index contributed by atoms with van der Waals surface area (Å²) in [6.07, 6.45) is 3.86. The van der Waals surface area contributed by atoms with Crippen molar-refractivity contribution in [1.29, 1.82) is 0 Å². The van der Waals surface area contributed by atoms with Crippen LogP contribution in [0.1, 0.15) is 31.2 Å². The van der Waals surface area contributed by atoms with Gasteiger partial charge in [0.05, 0.1) is 10.8 Å². The van der Waals surface area contributed by atoms with Crippen molar-refractivity contribution in [2.45, 2.75) is 37.5 Å². The molecule has 0 heterocycles. The molecule has 1 aliphatic carbocycles. The molecule has 0 amide bonds. The third-order valence-corrected chi connectivity index (χ3v) is 5.55. The van der Waals surface area contributed by atoms with E-state index in [0.29, 0.717) is 12.1 Å². The fraction of sp³-hybridized carbons (Fsp3) is 0.571. The van der Waals surface area contributed by atoms with Gasteiger partial charge in [-0.15, -0.1) is 12.4 Å². The first-order valence-corrected chi connectivity index (χ1v) is 9.08. The Labute approximate surface area is 142 Å². The van der Waals surface area contributed by atoms with Gasteiger partial charge in [0, 0.05) is 6.04 Å². The quantitative estimate of drug-likeness (QED) is 0.836. The van der Waals surface area contributed by atoms with Crippen molar-refractivity contribution >= 4 is 34.0 Å². The van der Waals surface area contributed by atoms with Gasteiger partial charge in [-0.3, -0.25) is 0 Å². The van der Waals surface area contributed by atoms with Gasteiger partial charge in [-0.1, -0.05) is 30.5 Å². The average Bonchev–Trinajstić information content (AvgIpc) is 2.43. The van der Waals surface area contributed by atoms with E-state index in [1.165, 1.54) is 18.2 Å². The number of nitrogens with one attached hydrogen (secondary N) is 1. The number of sulfonamides is 1. The minimum absolute atomic E-state index is 0. The van der Waals surface area contributed by atoms with E-state index in [-0.39, 0.29) is 35.1 Å². The lowest BCUT2D eigenvalue weighted by atomic mass is 9.85. The highest BCUT2D eigenvalue weighted by atomic mass is 35.5. The van der Waals surface area contributed by atoms with Crippen LogP contribution >= 0.6 is 24.0 Å². The van der Waals surface area contributed by atoms with Crippen molar-refractivity contribution < 1.29 is 12.8 Å². The van der Waals surface area contributed by atoms with Crippen molar-refractivity contribution in [3.8, 4) is 0 Å². The maximum atomic E-state index is 13.1. The monoisotopic (exact) mass is 370 g/mol. The third kappa shape index (κ3) is 5.35. The Bertz CT molecular complexity index is 599. The SMILES string of the molecule is Cl.NCC1CCCCC1NS(=O)(=O)Cc1ccc(F)c(Cl)c1. The lowest BCUT2D eigenvalue weighted by Crippen LogP contribution is -2.45. The standard InChI is InChI=1S/C14H20ClFN2O2S.ClH/c15-12-7-10(5-6-13(12)16)9-21(19,20)18-14-4-2-1-3-11(14)8-17;/h5-7,11,14,18H,1-4,8-9,17H2;1H. The van der Waals surface area contributed by atoms with Crippen LogP contribution < -0.4 is 10.5 Å². The molecule has 0 bridgehead atoms. The molecule has 0 aliphatic heterocycles. The minimum Gasteiger partial charge on any atom is -0.330 e. The summed E-state index contributed by atoms with van der Waals surface area (Å²) in [7, 11) is -3.49. The molecule has 0 radical (unpaired) electrons. The fourth-order valence-corrected chi connectivity index (χ4v) is 4.44. The normalized spacial score (nSPS) is 22.1. The van der Waals surface area contributed by atoms with Gasteiger partial charge in [0.25, 0.3) is 0 Å². The summed E-state index contributed by atoms with van der Waals surface area (Å²) in [6, 6.07) is 3.85. The molecule has 1 aliphatic rings. The molecule has 1 aromatic rings. The molecule has 0 aromatic heterocycles. The molecule has 1 aromatic carbocycles. The summed E-state index contributed by atoms with van der Waals surface area (Å²) in [5, 5.41) is -0.0693. The highest BCUT2D eigenvalue weighted by Gasteiger charge is 2.27. The number of nitrogens with two attached hydrogens (primary N) is 1. The van der Waals surface area contributed by atoms with Crippen LogP contribution in [-0.4, -0.2) is 21.0 Å². The average molecular weight is 371 g/mol. The molecule has 8 heteroatoms. The van der Waals surface area contributed by atoms with Gasteiger partial charge < -0.3 is 5.73 Å². The lowest BCUT2D eigenvalue weighted by molar-refractivity contribution is 0.296. The van der Waals surface area contributed by atoms with Crippen LogP contribution in [0.4, 0.5) is 4.39 Å². The van der Waals surface area contributed by atoms with Crippen molar-refractivity contribution in [2.24, 2.45) is 11.7 Å². The van der Waals surface area contributed by atoms with Gasteiger partial charge in [0.15, 0.2) is 0 Å². The predicted molar refractivity (Wildman–Crippen MR) is 89.2 cm³/mol. The smallest absolute Gasteiger partial charge is 0.216 e. The van der Waals surface area contributed by atoms with Crippen LogP contribution in [0.15, 0.2) is 18.2 Å². The van der Waals surface area contributed by atoms with E-state index in [4.69, 9.17) is 17.3 Å². The topological polar surface area (TPSA) is 72.2 Å². The number of benzene rings is 1. The molecular weight excluding hydrogens is 350 g/mol. The summed E-state index contributed by atoms with van der Waals surface area (Å²) in [6.45, 7) is 0.482. The van der Waals surface area contributed by atoms with Crippen molar-refractivity contribution in [2.75, 3.05) is 6.54 Å². The lowest BCUT2D eigenvalue weighted by Gasteiger charge is -2.31. The molecule has 4 nitrogen and oxygen atoms in total. The molecule has 2 unspecified atom stereocenters. The molecule has 0 spiro atoms. The Morgan fingerprint density at radius 3 is 2.64 bits per heavy atom. The molecule has 3 N–H and O–H groups in total. The van der Waals surface area contributed by atoms with Crippen LogP contribution in [0, 0.1) is 11.7 Å². The van der Waals surface area contributed by atoms with Crippen LogP contribution in [-0.2, 0) is 15.8 Å². The molecule has 2 atom stereocenters. The predicted octanol–water partition coefficient (Wildman–Crippen LogP) is 2.84. The number of hydrogen-bond donors (Lipinski definition) is 2. The Kier molecular flexibility index (Phi) is 7.55. The Morgan fingerprint density at radius 1 is 1.32 bits per heavy atom. The molecule has 2 rings (SSSR count). The first-order chi connectivity index (χ1) is 9.91. The summed E-state index contributed by atoms with van der Waals surface area (Å²) in [5.41, 5.74) is 6.17. The number of rotatable bonds is 5. The van der Waals surface area contributed by atoms with Gasteiger partial charge in [-0.2, -0.15) is 0 Å². The van der Waals surface area contributed by atoms with Crippen LogP contribution in [0.3, 0.4) is 0 Å². The van der Waals surface area contributed by atoms with Gasteiger partial charge in [0.2, 0.25) is 10.0 Å². The van der Waals surface area contributed by atoms with Gasteiger partial charge in [-0.25, -0.2) is 17.5 Å². The van der Waals surface area contributed by atoms with Crippen LogP contribution in [0.2, 0.25) is 5.02 Å². The summed E-state index contributed by atoms with van der Waals surface area (Å²) >= 11 is 5.67. The second kappa shape index (κ2) is 8.45. The van der Waals surface area contributed by atoms with Gasteiger partial charge in [0.1, 0.15) is 5.82 Å². The Hall–Kier alpha value is -0.400. The summed E-state index contributed by atoms with van der Waals surface area (Å²) in [5.74, 6) is -0.576. The Balaban J connectivity index is 0.00000242. The second-order valence-corrected chi connectivity index (χ2v) is 7.67. The zero-order chi connectivity index (χ0) is 15.5. The molecule has 126 valence electrons. The first kappa shape index (κ1) is 19.6. The van der Waals surface area contributed by atoms with E-state index in [2.05, 4.69) is 4.72 Å². The summed E-state index contributed by atoms with van der Waals surface area (Å²) in [4.78, 5) is 0. The molecular formula is C14H21Cl2FN2O2S. The summed E-state index contributed by atoms with van der Waals surface area (Å²) < 4.78 is 40.3. The molecule has 1 saturated carbocycles. The third-order valence-electron chi connectivity index (χ3n) is 3.88. The second-order valence-electron chi connectivity index (χ2n) is 5.51. The fourth-order valence-electron chi connectivity index (χ4n) is 2.77. The minimum atomic E-state index is -3.49. The largest absolute Gasteiger partial charge is 0.330 e. The van der Waals surface area contributed by atoms with Gasteiger partial charge >= 0.3 is 0 Å². The zero-order valence-corrected chi connectivity index (χ0v) is 14.5. The van der Waals surface area contributed by atoms with E-state index in [0.717, 1.165) is 25.7 Å². The van der Waals surface area contributed by atoms with E-state index in [1.54, 1.807) is 0 Å². The molecule has 1 fully saturated rings. The van der Waals surface area contributed by atoms with E-state index in [9.17, 15) is 12.8 Å². The van der Waals surface area contributed by atoms with Crippen molar-refractivity contribution in [3.05, 3.63) is 34.6 Å². The first-order valence-electron chi connectivity index (χ1n) is 7.05. The number of hydrogen-bond acceptors (Lipinski definition) is 3. The molecule has 22 heavy (non-hydrogen) atoms.